The summed E-state index contributed by atoms with van der Waals surface area (Å²) in [6.07, 6.45) is 4.27. The number of hydroxylamine groups is 2. The third kappa shape index (κ3) is 6.97. The molecule has 1 saturated heterocycles. The lowest BCUT2D eigenvalue weighted by atomic mass is 9.87. The first-order chi connectivity index (χ1) is 20.2. The van der Waals surface area contributed by atoms with E-state index >= 15 is 0 Å². The maximum absolute atomic E-state index is 15.0. The number of benzene rings is 2. The van der Waals surface area contributed by atoms with Gasteiger partial charge in [0.15, 0.2) is 11.5 Å². The van der Waals surface area contributed by atoms with Crippen LogP contribution in [-0.4, -0.2) is 69.5 Å². The lowest BCUT2D eigenvalue weighted by Crippen LogP contribution is -2.37. The number of nitrogens with zero attached hydrogens (tertiary/aromatic N) is 3. The molecule has 10 nitrogen and oxygen atoms in total. The van der Waals surface area contributed by atoms with Crippen LogP contribution in [0.15, 0.2) is 36.4 Å². The Bertz CT molecular complexity index is 1470. The van der Waals surface area contributed by atoms with Crippen LogP contribution in [0.25, 0.3) is 10.9 Å². The Morgan fingerprint density at radius 2 is 1.90 bits per heavy atom. The first kappa shape index (κ1) is 30.1. The summed E-state index contributed by atoms with van der Waals surface area (Å²) >= 11 is 6.36. The highest BCUT2D eigenvalue weighted by Crippen LogP contribution is 2.29. The van der Waals surface area contributed by atoms with Crippen molar-refractivity contribution in [3.63, 3.8) is 0 Å². The molecule has 5 rings (SSSR count). The summed E-state index contributed by atoms with van der Waals surface area (Å²) < 4.78 is 22.6. The first-order valence-corrected chi connectivity index (χ1v) is 14.5. The van der Waals surface area contributed by atoms with Gasteiger partial charge in [-0.1, -0.05) is 29.8 Å². The van der Waals surface area contributed by atoms with Crippen LogP contribution in [-0.2, 0) is 32.6 Å². The second-order valence-corrected chi connectivity index (χ2v) is 11.3. The summed E-state index contributed by atoms with van der Waals surface area (Å²) in [7, 11) is 1.73. The van der Waals surface area contributed by atoms with E-state index in [4.69, 9.17) is 26.3 Å². The van der Waals surface area contributed by atoms with Gasteiger partial charge >= 0.3 is 5.97 Å². The van der Waals surface area contributed by atoms with Crippen LogP contribution in [0.3, 0.4) is 0 Å². The van der Waals surface area contributed by atoms with E-state index in [-0.39, 0.29) is 58.8 Å². The van der Waals surface area contributed by atoms with Gasteiger partial charge in [-0.2, -0.15) is 10.2 Å². The molecule has 1 aromatic heterocycles. The molecule has 3 aromatic rings. The number of amides is 1. The molecule has 2 heterocycles. The molecule has 2 aliphatic rings. The number of carboxylic acid groups (broad SMARTS) is 1. The minimum absolute atomic E-state index is 0.000275. The highest BCUT2D eigenvalue weighted by atomic mass is 35.5. The molecule has 1 amide bonds. The van der Waals surface area contributed by atoms with Gasteiger partial charge in [-0.25, -0.2) is 4.39 Å². The molecule has 0 radical (unpaired) electrons. The van der Waals surface area contributed by atoms with Gasteiger partial charge in [-0.15, -0.1) is 0 Å². The minimum atomic E-state index is -0.743. The third-order valence-corrected chi connectivity index (χ3v) is 8.32. The second kappa shape index (κ2) is 13.3. The normalized spacial score (nSPS) is 21.1. The molecular weight excluding hydrogens is 567 g/mol. The van der Waals surface area contributed by atoms with Gasteiger partial charge in [0.2, 0.25) is 0 Å². The summed E-state index contributed by atoms with van der Waals surface area (Å²) in [5, 5.41) is 18.6. The van der Waals surface area contributed by atoms with E-state index in [1.807, 2.05) is 12.1 Å². The average Bonchev–Trinajstić information content (AvgIpc) is 3.57. The van der Waals surface area contributed by atoms with E-state index in [9.17, 15) is 18.8 Å². The number of aromatic nitrogens is 2. The van der Waals surface area contributed by atoms with Crippen molar-refractivity contribution in [2.24, 2.45) is 13.0 Å². The quantitative estimate of drug-likeness (QED) is 0.322. The smallest absolute Gasteiger partial charge is 0.306 e. The van der Waals surface area contributed by atoms with Crippen molar-refractivity contribution in [3.05, 3.63) is 58.5 Å². The lowest BCUT2D eigenvalue weighted by molar-refractivity contribution is -0.186. The molecule has 2 N–H and O–H groups in total. The molecular formula is C30H34ClFN4O6. The van der Waals surface area contributed by atoms with Crippen LogP contribution in [0, 0.1) is 11.7 Å². The van der Waals surface area contributed by atoms with Crippen LogP contribution in [0.5, 0.6) is 0 Å². The predicted molar refractivity (Wildman–Crippen MR) is 154 cm³/mol. The van der Waals surface area contributed by atoms with Crippen molar-refractivity contribution in [2.45, 2.75) is 57.1 Å². The SMILES string of the molecule is Cn1nc(C(=O)Nc2cc(F)c(CC(=O)CON3CCC[C@H]3COC3CCC(C(=O)O)CC3)cc2Cl)c2ccccc21. The number of fused-ring (bicyclic) bond motifs is 1. The molecule has 1 saturated carbocycles. The molecule has 2 fully saturated rings. The minimum Gasteiger partial charge on any atom is -0.481 e. The van der Waals surface area contributed by atoms with E-state index in [0.717, 1.165) is 37.3 Å². The Labute approximate surface area is 247 Å². The summed E-state index contributed by atoms with van der Waals surface area (Å²) in [4.78, 5) is 42.5. The number of aliphatic carboxylic acids is 1. The second-order valence-electron chi connectivity index (χ2n) is 10.9. The topological polar surface area (TPSA) is 123 Å². The number of anilines is 1. The molecule has 0 bridgehead atoms. The summed E-state index contributed by atoms with van der Waals surface area (Å²) in [6.45, 7) is 0.887. The Hall–Kier alpha value is -3.38. The summed E-state index contributed by atoms with van der Waals surface area (Å²) in [5.74, 6) is -2.54. The summed E-state index contributed by atoms with van der Waals surface area (Å²) in [6, 6.07) is 9.72. The van der Waals surface area contributed by atoms with Gasteiger partial charge < -0.3 is 15.2 Å². The maximum atomic E-state index is 15.0. The number of carbonyl (C=O) groups excluding carboxylic acids is 2. The van der Waals surface area contributed by atoms with Crippen LogP contribution in [0.1, 0.15) is 54.6 Å². The van der Waals surface area contributed by atoms with Crippen molar-refractivity contribution in [2.75, 3.05) is 25.1 Å². The molecule has 2 aromatic carbocycles. The lowest BCUT2D eigenvalue weighted by Gasteiger charge is -2.29. The predicted octanol–water partition coefficient (Wildman–Crippen LogP) is 4.79. The first-order valence-electron chi connectivity index (χ1n) is 14.2. The van der Waals surface area contributed by atoms with Crippen LogP contribution in [0.2, 0.25) is 5.02 Å². The number of hydrogen-bond acceptors (Lipinski definition) is 7. The number of rotatable bonds is 11. The van der Waals surface area contributed by atoms with E-state index < -0.39 is 17.7 Å². The van der Waals surface area contributed by atoms with Gasteiger partial charge in [0.05, 0.1) is 40.9 Å². The van der Waals surface area contributed by atoms with E-state index in [1.54, 1.807) is 28.9 Å². The fourth-order valence-corrected chi connectivity index (χ4v) is 5.90. The number of Topliss-reactive ketones (excluding diaryl/α,β-unsaturated/α-hetero) is 1. The van der Waals surface area contributed by atoms with Gasteiger partial charge in [0.1, 0.15) is 12.4 Å². The molecule has 1 aliphatic heterocycles. The molecule has 0 spiro atoms. The van der Waals surface area contributed by atoms with Crippen molar-refractivity contribution < 1.29 is 33.5 Å². The largest absolute Gasteiger partial charge is 0.481 e. The fourth-order valence-electron chi connectivity index (χ4n) is 5.67. The van der Waals surface area contributed by atoms with Gasteiger partial charge in [0, 0.05) is 25.4 Å². The Balaban J connectivity index is 1.11. The number of aryl methyl sites for hydroxylation is 1. The number of ether oxygens (including phenoxy) is 1. The number of hydrogen-bond donors (Lipinski definition) is 2. The summed E-state index contributed by atoms with van der Waals surface area (Å²) in [5.41, 5.74) is 1.16. The van der Waals surface area contributed by atoms with Crippen molar-refractivity contribution in [3.8, 4) is 0 Å². The molecule has 1 atom stereocenters. The van der Waals surface area contributed by atoms with Gasteiger partial charge in [-0.05, 0) is 62.3 Å². The number of ketones is 1. The van der Waals surface area contributed by atoms with E-state index in [0.29, 0.717) is 31.4 Å². The number of halogens is 2. The Morgan fingerprint density at radius 1 is 1.14 bits per heavy atom. The zero-order valence-corrected chi connectivity index (χ0v) is 24.1. The van der Waals surface area contributed by atoms with Crippen LogP contribution >= 0.6 is 11.6 Å². The van der Waals surface area contributed by atoms with Crippen LogP contribution in [0.4, 0.5) is 10.1 Å². The van der Waals surface area contributed by atoms with E-state index in [1.165, 1.54) is 6.07 Å². The molecule has 12 heteroatoms. The average molecular weight is 601 g/mol. The van der Waals surface area contributed by atoms with E-state index in [2.05, 4.69) is 10.4 Å². The van der Waals surface area contributed by atoms with Gasteiger partial charge in [0.25, 0.3) is 5.91 Å². The standard InChI is InChI=1S/C30H34ClFN4O6/c1-35-27-7-3-2-6-23(27)28(34-35)29(38)33-26-15-25(32)19(14-24(26)31)13-21(37)17-42-36-12-4-5-20(36)16-41-22-10-8-18(9-11-22)30(39)40/h2-3,6-7,14-15,18,20,22H,4-5,8-13,16-17H2,1H3,(H,33,38)(H,39,40)/t18?,20-,22?/m0/s1. The molecule has 224 valence electrons. The highest BCUT2D eigenvalue weighted by molar-refractivity contribution is 6.34. The Morgan fingerprint density at radius 3 is 2.67 bits per heavy atom. The number of carbonyl (C=O) groups is 3. The van der Waals surface area contributed by atoms with Crippen molar-refractivity contribution >= 4 is 45.9 Å². The number of carboxylic acids is 1. The van der Waals surface area contributed by atoms with Gasteiger partial charge in [-0.3, -0.25) is 23.9 Å². The number of nitrogens with one attached hydrogen (secondary N) is 1. The molecule has 1 aliphatic carbocycles. The molecule has 42 heavy (non-hydrogen) atoms. The highest BCUT2D eigenvalue weighted by Gasteiger charge is 2.30. The fraction of sp³-hybridized carbons (Fsp3) is 0.467. The zero-order chi connectivity index (χ0) is 29.8. The third-order valence-electron chi connectivity index (χ3n) is 8.01. The Kier molecular flexibility index (Phi) is 9.52. The number of para-hydroxylation sites is 1. The maximum Gasteiger partial charge on any atom is 0.306 e. The van der Waals surface area contributed by atoms with Crippen molar-refractivity contribution in [1.82, 2.24) is 14.8 Å². The zero-order valence-electron chi connectivity index (χ0n) is 23.4. The molecule has 0 unspecified atom stereocenters. The van der Waals surface area contributed by atoms with Crippen LogP contribution < -0.4 is 5.32 Å². The van der Waals surface area contributed by atoms with Crippen molar-refractivity contribution in [1.29, 1.82) is 0 Å². The monoisotopic (exact) mass is 600 g/mol.